The minimum Gasteiger partial charge on any atom is -0.481 e. The SMILES string of the molecule is CCN(CCC(=O)O)Cc1ccc(Cl)c(Cl)c1. The Labute approximate surface area is 111 Å². The molecule has 0 atom stereocenters. The number of nitrogens with zero attached hydrogens (tertiary/aromatic N) is 1. The minimum absolute atomic E-state index is 0.148. The number of carboxylic acids is 1. The maximum absolute atomic E-state index is 10.5. The van der Waals surface area contributed by atoms with E-state index in [9.17, 15) is 4.79 Å². The molecule has 0 aliphatic heterocycles. The van der Waals surface area contributed by atoms with Crippen LogP contribution in [-0.4, -0.2) is 29.1 Å². The summed E-state index contributed by atoms with van der Waals surface area (Å²) in [7, 11) is 0. The summed E-state index contributed by atoms with van der Waals surface area (Å²) in [5, 5.41) is 9.70. The van der Waals surface area contributed by atoms with E-state index in [0.29, 0.717) is 23.1 Å². The highest BCUT2D eigenvalue weighted by molar-refractivity contribution is 6.42. The van der Waals surface area contributed by atoms with Crippen LogP contribution < -0.4 is 0 Å². The second kappa shape index (κ2) is 6.84. The summed E-state index contributed by atoms with van der Waals surface area (Å²) < 4.78 is 0. The van der Waals surface area contributed by atoms with Crippen LogP contribution in [0.15, 0.2) is 18.2 Å². The monoisotopic (exact) mass is 275 g/mol. The Balaban J connectivity index is 2.60. The molecule has 0 heterocycles. The molecule has 1 N–H and O–H groups in total. The van der Waals surface area contributed by atoms with Gasteiger partial charge in [-0.15, -0.1) is 0 Å². The van der Waals surface area contributed by atoms with E-state index in [1.165, 1.54) is 0 Å². The van der Waals surface area contributed by atoms with Crippen molar-refractivity contribution in [3.63, 3.8) is 0 Å². The fraction of sp³-hybridized carbons (Fsp3) is 0.417. The molecule has 0 saturated carbocycles. The molecule has 0 amide bonds. The van der Waals surface area contributed by atoms with Gasteiger partial charge in [-0.3, -0.25) is 9.69 Å². The topological polar surface area (TPSA) is 40.5 Å². The molecular weight excluding hydrogens is 261 g/mol. The van der Waals surface area contributed by atoms with Crippen LogP contribution in [0.25, 0.3) is 0 Å². The molecule has 3 nitrogen and oxygen atoms in total. The van der Waals surface area contributed by atoms with Crippen molar-refractivity contribution >= 4 is 29.2 Å². The summed E-state index contributed by atoms with van der Waals surface area (Å²) >= 11 is 11.8. The van der Waals surface area contributed by atoms with Gasteiger partial charge in [0.25, 0.3) is 0 Å². The number of carboxylic acid groups (broad SMARTS) is 1. The van der Waals surface area contributed by atoms with Gasteiger partial charge in [-0.25, -0.2) is 0 Å². The van der Waals surface area contributed by atoms with Crippen molar-refractivity contribution in [3.05, 3.63) is 33.8 Å². The Kier molecular flexibility index (Phi) is 5.75. The molecule has 5 heteroatoms. The van der Waals surface area contributed by atoms with Crippen molar-refractivity contribution in [2.45, 2.75) is 19.9 Å². The average Bonchev–Trinajstić information content (AvgIpc) is 2.28. The zero-order valence-corrected chi connectivity index (χ0v) is 11.1. The quantitative estimate of drug-likeness (QED) is 0.866. The summed E-state index contributed by atoms with van der Waals surface area (Å²) in [5.41, 5.74) is 1.03. The van der Waals surface area contributed by atoms with Gasteiger partial charge in [0.05, 0.1) is 16.5 Å². The number of hydrogen-bond acceptors (Lipinski definition) is 2. The van der Waals surface area contributed by atoms with Gasteiger partial charge in [-0.1, -0.05) is 36.2 Å². The fourth-order valence-electron chi connectivity index (χ4n) is 1.50. The first-order chi connectivity index (χ1) is 8.02. The molecule has 1 rings (SSSR count). The molecule has 0 radical (unpaired) electrons. The van der Waals surface area contributed by atoms with Gasteiger partial charge in [0.1, 0.15) is 0 Å². The van der Waals surface area contributed by atoms with Crippen LogP contribution >= 0.6 is 23.2 Å². The number of halogens is 2. The number of benzene rings is 1. The summed E-state index contributed by atoms with van der Waals surface area (Å²) in [6.45, 7) is 4.01. The maximum atomic E-state index is 10.5. The Hall–Kier alpha value is -0.770. The summed E-state index contributed by atoms with van der Waals surface area (Å²) in [6, 6.07) is 5.47. The lowest BCUT2D eigenvalue weighted by molar-refractivity contribution is -0.137. The zero-order valence-electron chi connectivity index (χ0n) is 9.62. The third-order valence-corrected chi connectivity index (χ3v) is 3.22. The zero-order chi connectivity index (χ0) is 12.8. The second-order valence-electron chi connectivity index (χ2n) is 3.76. The largest absolute Gasteiger partial charge is 0.481 e. The lowest BCUT2D eigenvalue weighted by atomic mass is 10.2. The first-order valence-corrected chi connectivity index (χ1v) is 6.16. The van der Waals surface area contributed by atoms with E-state index in [2.05, 4.69) is 0 Å². The molecule has 0 spiro atoms. The lowest BCUT2D eigenvalue weighted by Crippen LogP contribution is -2.25. The highest BCUT2D eigenvalue weighted by atomic mass is 35.5. The molecule has 94 valence electrons. The summed E-state index contributed by atoms with van der Waals surface area (Å²) in [6.07, 6.45) is 0.148. The number of carbonyl (C=O) groups is 1. The highest BCUT2D eigenvalue weighted by Gasteiger charge is 2.07. The predicted octanol–water partition coefficient (Wildman–Crippen LogP) is 3.29. The average molecular weight is 276 g/mol. The van der Waals surface area contributed by atoms with Crippen LogP contribution in [0.4, 0.5) is 0 Å². The standard InChI is InChI=1S/C12H15Cl2NO2/c1-2-15(6-5-12(16)17)8-9-3-4-10(13)11(14)7-9/h3-4,7H,2,5-6,8H2,1H3,(H,16,17). The van der Waals surface area contributed by atoms with E-state index >= 15 is 0 Å². The molecule has 17 heavy (non-hydrogen) atoms. The van der Waals surface area contributed by atoms with Gasteiger partial charge >= 0.3 is 5.97 Å². The normalized spacial score (nSPS) is 10.8. The van der Waals surface area contributed by atoms with Gasteiger partial charge < -0.3 is 5.11 Å². The van der Waals surface area contributed by atoms with Crippen molar-refractivity contribution in [2.24, 2.45) is 0 Å². The van der Waals surface area contributed by atoms with E-state index in [-0.39, 0.29) is 6.42 Å². The summed E-state index contributed by atoms with van der Waals surface area (Å²) in [4.78, 5) is 12.6. The van der Waals surface area contributed by atoms with Crippen LogP contribution in [0.5, 0.6) is 0 Å². The van der Waals surface area contributed by atoms with Gasteiger partial charge in [-0.05, 0) is 24.2 Å². The molecule has 1 aromatic rings. The third-order valence-electron chi connectivity index (χ3n) is 2.48. The second-order valence-corrected chi connectivity index (χ2v) is 4.58. The molecule has 0 unspecified atom stereocenters. The summed E-state index contributed by atoms with van der Waals surface area (Å²) in [5.74, 6) is -0.780. The Morgan fingerprint density at radius 1 is 1.35 bits per heavy atom. The molecule has 0 aliphatic carbocycles. The van der Waals surface area contributed by atoms with Crippen LogP contribution in [0, 0.1) is 0 Å². The van der Waals surface area contributed by atoms with Crippen molar-refractivity contribution < 1.29 is 9.90 Å². The van der Waals surface area contributed by atoms with Crippen molar-refractivity contribution in [3.8, 4) is 0 Å². The maximum Gasteiger partial charge on any atom is 0.304 e. The van der Waals surface area contributed by atoms with E-state index in [1.807, 2.05) is 24.0 Å². The molecule has 1 aromatic carbocycles. The van der Waals surface area contributed by atoms with Crippen LogP contribution in [0.1, 0.15) is 18.9 Å². The predicted molar refractivity (Wildman–Crippen MR) is 69.7 cm³/mol. The smallest absolute Gasteiger partial charge is 0.304 e. The minimum atomic E-state index is -0.780. The molecule has 0 bridgehead atoms. The van der Waals surface area contributed by atoms with Crippen LogP contribution in [-0.2, 0) is 11.3 Å². The molecule has 0 aromatic heterocycles. The van der Waals surface area contributed by atoms with Gasteiger partial charge in [-0.2, -0.15) is 0 Å². The Morgan fingerprint density at radius 3 is 2.59 bits per heavy atom. The molecular formula is C12H15Cl2NO2. The van der Waals surface area contributed by atoms with Crippen molar-refractivity contribution in [2.75, 3.05) is 13.1 Å². The van der Waals surface area contributed by atoms with Crippen LogP contribution in [0.3, 0.4) is 0 Å². The third kappa shape index (κ3) is 4.94. The van der Waals surface area contributed by atoms with E-state index in [1.54, 1.807) is 6.07 Å². The number of rotatable bonds is 6. The molecule has 0 saturated heterocycles. The van der Waals surface area contributed by atoms with Crippen LogP contribution in [0.2, 0.25) is 10.0 Å². The van der Waals surface area contributed by atoms with Gasteiger partial charge in [0.15, 0.2) is 0 Å². The molecule has 0 aliphatic rings. The Bertz CT molecular complexity index is 396. The first kappa shape index (κ1) is 14.3. The highest BCUT2D eigenvalue weighted by Crippen LogP contribution is 2.23. The van der Waals surface area contributed by atoms with Gasteiger partial charge in [0, 0.05) is 13.1 Å². The van der Waals surface area contributed by atoms with Crippen molar-refractivity contribution in [1.82, 2.24) is 4.90 Å². The Morgan fingerprint density at radius 2 is 2.06 bits per heavy atom. The lowest BCUT2D eigenvalue weighted by Gasteiger charge is -2.19. The fourth-order valence-corrected chi connectivity index (χ4v) is 1.82. The number of aliphatic carboxylic acids is 1. The molecule has 0 fully saturated rings. The number of hydrogen-bond donors (Lipinski definition) is 1. The van der Waals surface area contributed by atoms with E-state index < -0.39 is 5.97 Å². The first-order valence-electron chi connectivity index (χ1n) is 5.41. The van der Waals surface area contributed by atoms with E-state index in [4.69, 9.17) is 28.3 Å². The van der Waals surface area contributed by atoms with Gasteiger partial charge in [0.2, 0.25) is 0 Å². The van der Waals surface area contributed by atoms with Crippen molar-refractivity contribution in [1.29, 1.82) is 0 Å². The van der Waals surface area contributed by atoms with E-state index in [0.717, 1.165) is 12.1 Å².